The molecule has 7 rings (SSSR count). The second-order valence-electron chi connectivity index (χ2n) is 13.5. The zero-order valence-electron chi connectivity index (χ0n) is 31.4. The van der Waals surface area contributed by atoms with Crippen LogP contribution in [0.4, 0.5) is 11.4 Å². The Kier molecular flexibility index (Phi) is 11.1. The number of benzene rings is 3. The lowest BCUT2D eigenvalue weighted by Crippen LogP contribution is -2.37. The Hall–Kier alpha value is -6.52. The van der Waals surface area contributed by atoms with Crippen LogP contribution in [0.3, 0.4) is 0 Å². The normalized spacial score (nSPS) is 13.4. The first-order valence-electron chi connectivity index (χ1n) is 18.1. The standard InChI is InChI=1S/C41H39N5O10S/c1-27-7-11-33(12-8-27)57(51,52)45-20-17-34-36(26-43(2)40(47)39(34)45)35-23-28(46(49)50)10-14-38(35)56-32-6-4-5-31(24-32)55-22-21-54-30-15-18-44(19-16-30)29-9-13-37(42-25-29)41(48)53-3/h4-14,17,20,23-26,30H,15-16,18-19,21-22H2,1-3H3. The van der Waals surface area contributed by atoms with Crippen molar-refractivity contribution in [2.45, 2.75) is 30.8 Å². The number of esters is 1. The number of non-ortho nitro benzene ring substituents is 1. The molecule has 15 nitrogen and oxygen atoms in total. The highest BCUT2D eigenvalue weighted by Crippen LogP contribution is 2.40. The summed E-state index contributed by atoms with van der Waals surface area (Å²) in [5, 5.41) is 12.2. The number of nitro groups is 1. The van der Waals surface area contributed by atoms with Gasteiger partial charge >= 0.3 is 5.97 Å². The number of carbonyl (C=O) groups is 1. The zero-order valence-corrected chi connectivity index (χ0v) is 32.2. The summed E-state index contributed by atoms with van der Waals surface area (Å²) < 4.78 is 52.8. The Bertz CT molecular complexity index is 2610. The Morgan fingerprint density at radius 2 is 1.70 bits per heavy atom. The number of ether oxygens (including phenoxy) is 4. The van der Waals surface area contributed by atoms with E-state index in [-0.39, 0.29) is 51.2 Å². The van der Waals surface area contributed by atoms with Crippen molar-refractivity contribution in [3.05, 3.63) is 135 Å². The van der Waals surface area contributed by atoms with E-state index in [1.54, 1.807) is 48.7 Å². The summed E-state index contributed by atoms with van der Waals surface area (Å²) in [4.78, 5) is 43.0. The predicted octanol–water partition coefficient (Wildman–Crippen LogP) is 6.50. The second-order valence-corrected chi connectivity index (χ2v) is 15.3. The number of rotatable bonds is 13. The molecule has 1 fully saturated rings. The molecular formula is C41H39N5O10S. The van der Waals surface area contributed by atoms with Crippen LogP contribution < -0.4 is 19.9 Å². The molecule has 6 aromatic rings. The number of methoxy groups -OCH3 is 1. The van der Waals surface area contributed by atoms with E-state index >= 15 is 0 Å². The van der Waals surface area contributed by atoms with E-state index in [0.717, 1.165) is 41.2 Å². The zero-order chi connectivity index (χ0) is 40.3. The third kappa shape index (κ3) is 8.22. The SMILES string of the molecule is COC(=O)c1ccc(N2CCC(OCCOc3cccc(Oc4ccc([N+](=O)[O-])cc4-c4cn(C)c(=O)c5c4ccn5S(=O)(=O)c4ccc(C)cc4)c3)CC2)cn1. The lowest BCUT2D eigenvalue weighted by Gasteiger charge is -2.33. The molecule has 3 aromatic carbocycles. The van der Waals surface area contributed by atoms with Crippen LogP contribution in [0.15, 0.2) is 113 Å². The number of hydrogen-bond donors (Lipinski definition) is 0. The van der Waals surface area contributed by atoms with Crippen molar-refractivity contribution in [2.75, 3.05) is 38.3 Å². The van der Waals surface area contributed by atoms with Gasteiger partial charge in [-0.15, -0.1) is 0 Å². The lowest BCUT2D eigenvalue weighted by molar-refractivity contribution is -0.384. The van der Waals surface area contributed by atoms with Gasteiger partial charge in [-0.05, 0) is 68.3 Å². The largest absolute Gasteiger partial charge is 0.491 e. The van der Waals surface area contributed by atoms with Gasteiger partial charge in [0.2, 0.25) is 0 Å². The fourth-order valence-electron chi connectivity index (χ4n) is 6.71. The molecular weight excluding hydrogens is 755 g/mol. The molecule has 4 heterocycles. The molecule has 16 heteroatoms. The highest BCUT2D eigenvalue weighted by molar-refractivity contribution is 7.90. The number of anilines is 1. The number of pyridine rings is 2. The van der Waals surface area contributed by atoms with Gasteiger partial charge in [-0.25, -0.2) is 22.2 Å². The van der Waals surface area contributed by atoms with E-state index in [1.165, 1.54) is 67.5 Å². The second kappa shape index (κ2) is 16.3. The highest BCUT2D eigenvalue weighted by atomic mass is 32.2. The minimum Gasteiger partial charge on any atom is -0.491 e. The predicted molar refractivity (Wildman–Crippen MR) is 212 cm³/mol. The molecule has 1 aliphatic heterocycles. The summed E-state index contributed by atoms with van der Waals surface area (Å²) >= 11 is 0. The summed E-state index contributed by atoms with van der Waals surface area (Å²) in [6, 6.07) is 22.3. The van der Waals surface area contributed by atoms with Crippen molar-refractivity contribution in [1.82, 2.24) is 13.5 Å². The highest BCUT2D eigenvalue weighted by Gasteiger charge is 2.25. The Balaban J connectivity index is 1.05. The minimum absolute atomic E-state index is 0.00638. The molecule has 0 N–H and O–H groups in total. The molecule has 0 bridgehead atoms. The Morgan fingerprint density at radius 1 is 0.947 bits per heavy atom. The van der Waals surface area contributed by atoms with Crippen LogP contribution in [0, 0.1) is 17.0 Å². The van der Waals surface area contributed by atoms with Gasteiger partial charge in [0.25, 0.3) is 21.3 Å². The topological polar surface area (TPSA) is 174 Å². The van der Waals surface area contributed by atoms with Gasteiger partial charge in [-0.3, -0.25) is 14.9 Å². The number of hydrogen-bond acceptors (Lipinski definition) is 12. The molecule has 0 amide bonds. The van der Waals surface area contributed by atoms with Crippen LogP contribution in [-0.4, -0.2) is 72.4 Å². The first kappa shape index (κ1) is 38.7. The number of nitrogens with zero attached hydrogens (tertiary/aromatic N) is 5. The van der Waals surface area contributed by atoms with E-state index < -0.39 is 26.5 Å². The molecule has 0 atom stereocenters. The molecule has 0 radical (unpaired) electrons. The summed E-state index contributed by atoms with van der Waals surface area (Å²) in [6.45, 7) is 4.03. The molecule has 0 spiro atoms. The van der Waals surface area contributed by atoms with Crippen molar-refractivity contribution < 1.29 is 37.1 Å². The van der Waals surface area contributed by atoms with Gasteiger partial charge in [0.1, 0.15) is 35.1 Å². The maximum Gasteiger partial charge on any atom is 0.356 e. The number of aromatic nitrogens is 3. The number of nitro benzene ring substituents is 1. The summed E-state index contributed by atoms with van der Waals surface area (Å²) in [5.74, 6) is 0.652. The minimum atomic E-state index is -4.17. The first-order valence-corrected chi connectivity index (χ1v) is 19.5. The maximum atomic E-state index is 13.7. The molecule has 57 heavy (non-hydrogen) atoms. The number of aryl methyl sites for hydroxylation is 2. The van der Waals surface area contributed by atoms with Crippen LogP contribution in [-0.2, 0) is 26.5 Å². The third-order valence-electron chi connectivity index (χ3n) is 9.72. The lowest BCUT2D eigenvalue weighted by atomic mass is 10.0. The summed E-state index contributed by atoms with van der Waals surface area (Å²) in [7, 11) is -1.36. The molecule has 1 saturated heterocycles. The van der Waals surface area contributed by atoms with Crippen molar-refractivity contribution >= 4 is 38.3 Å². The summed E-state index contributed by atoms with van der Waals surface area (Å²) in [5.41, 5.74) is 1.79. The van der Waals surface area contributed by atoms with Crippen LogP contribution in [0.2, 0.25) is 0 Å². The van der Waals surface area contributed by atoms with Crippen molar-refractivity contribution in [3.8, 4) is 28.4 Å². The number of carbonyl (C=O) groups excluding carboxylic acids is 1. The summed E-state index contributed by atoms with van der Waals surface area (Å²) in [6.07, 6.45) is 6.17. The first-order chi connectivity index (χ1) is 27.4. The molecule has 0 saturated carbocycles. The maximum absolute atomic E-state index is 13.7. The monoisotopic (exact) mass is 793 g/mol. The van der Waals surface area contributed by atoms with Gasteiger partial charge in [-0.2, -0.15) is 0 Å². The van der Waals surface area contributed by atoms with Gasteiger partial charge in [0.05, 0.1) is 41.5 Å². The number of fused-ring (bicyclic) bond motifs is 1. The van der Waals surface area contributed by atoms with Crippen molar-refractivity contribution in [3.63, 3.8) is 0 Å². The van der Waals surface area contributed by atoms with Crippen LogP contribution >= 0.6 is 0 Å². The smallest absolute Gasteiger partial charge is 0.356 e. The third-order valence-corrected chi connectivity index (χ3v) is 11.4. The van der Waals surface area contributed by atoms with E-state index in [9.17, 15) is 28.1 Å². The van der Waals surface area contributed by atoms with Crippen LogP contribution in [0.5, 0.6) is 17.2 Å². The Labute approximate surface area is 327 Å². The van der Waals surface area contributed by atoms with E-state index in [4.69, 9.17) is 18.9 Å². The fraction of sp³-hybridized carbons (Fsp3) is 0.244. The van der Waals surface area contributed by atoms with Crippen molar-refractivity contribution in [1.29, 1.82) is 0 Å². The average Bonchev–Trinajstić information content (AvgIpc) is 3.68. The van der Waals surface area contributed by atoms with Gasteiger partial charge in [-0.1, -0.05) is 23.8 Å². The van der Waals surface area contributed by atoms with Gasteiger partial charge < -0.3 is 28.4 Å². The van der Waals surface area contributed by atoms with E-state index in [0.29, 0.717) is 23.7 Å². The van der Waals surface area contributed by atoms with Gasteiger partial charge in [0.15, 0.2) is 0 Å². The fourth-order valence-corrected chi connectivity index (χ4v) is 8.05. The number of piperidine rings is 1. The van der Waals surface area contributed by atoms with Crippen LogP contribution in [0.25, 0.3) is 22.0 Å². The molecule has 3 aromatic heterocycles. The quantitative estimate of drug-likeness (QED) is 0.0538. The van der Waals surface area contributed by atoms with Gasteiger partial charge in [0, 0.05) is 67.2 Å². The molecule has 0 unspecified atom stereocenters. The molecule has 294 valence electrons. The van der Waals surface area contributed by atoms with Crippen molar-refractivity contribution in [2.24, 2.45) is 7.05 Å². The average molecular weight is 794 g/mol. The van der Waals surface area contributed by atoms with Crippen LogP contribution in [0.1, 0.15) is 28.9 Å². The Morgan fingerprint density at radius 3 is 2.40 bits per heavy atom. The molecule has 0 aliphatic carbocycles. The van der Waals surface area contributed by atoms with E-state index in [1.807, 2.05) is 13.0 Å². The van der Waals surface area contributed by atoms with E-state index in [2.05, 4.69) is 9.88 Å². The molecule has 1 aliphatic rings.